The predicted molar refractivity (Wildman–Crippen MR) is 189 cm³/mol. The number of benzene rings is 2. The summed E-state index contributed by atoms with van der Waals surface area (Å²) in [5.74, 6) is -3.70. The molecule has 3 saturated heterocycles. The fourth-order valence-electron chi connectivity index (χ4n) is 8.04. The Bertz CT molecular complexity index is 1780. The Morgan fingerprint density at radius 2 is 1.92 bits per heavy atom. The number of aromatic nitrogens is 3. The average Bonchev–Trinajstić information content (AvgIpc) is 3.91. The Morgan fingerprint density at radius 1 is 1.15 bits per heavy atom. The second-order valence-electron chi connectivity index (χ2n) is 13.5. The summed E-state index contributed by atoms with van der Waals surface area (Å²) in [5.41, 5.74) is 0.744. The molecule has 0 saturated carbocycles. The van der Waals surface area contributed by atoms with Crippen LogP contribution in [0.2, 0.25) is 0 Å². The zero-order valence-corrected chi connectivity index (χ0v) is 29.3. The molecule has 14 nitrogen and oxygen atoms in total. The first-order valence-electron chi connectivity index (χ1n) is 17.7. The molecule has 276 valence electrons. The summed E-state index contributed by atoms with van der Waals surface area (Å²) in [6.45, 7) is 7.68. The molecule has 0 radical (unpaired) electrons. The van der Waals surface area contributed by atoms with Crippen LogP contribution in [0.25, 0.3) is 11.0 Å². The van der Waals surface area contributed by atoms with Gasteiger partial charge in [0.1, 0.15) is 29.9 Å². The molecule has 3 aromatic rings. The molecule has 52 heavy (non-hydrogen) atoms. The van der Waals surface area contributed by atoms with Crippen molar-refractivity contribution in [2.45, 2.75) is 68.7 Å². The molecule has 2 bridgehead atoms. The first kappa shape index (κ1) is 36.9. The molecule has 0 unspecified atom stereocenters. The summed E-state index contributed by atoms with van der Waals surface area (Å²) >= 11 is 0. The normalized spacial score (nSPS) is 24.3. The highest BCUT2D eigenvalue weighted by Crippen LogP contribution is 2.59. The molecular formula is C38H46N6O8. The minimum atomic E-state index is -1.30. The second kappa shape index (κ2) is 16.2. The molecule has 7 atom stereocenters. The van der Waals surface area contributed by atoms with E-state index in [-0.39, 0.29) is 57.6 Å². The van der Waals surface area contributed by atoms with Crippen molar-refractivity contribution >= 4 is 34.7 Å². The number of carbonyl (C=O) groups is 4. The van der Waals surface area contributed by atoms with E-state index in [1.165, 1.54) is 12.0 Å². The van der Waals surface area contributed by atoms with Gasteiger partial charge < -0.3 is 34.4 Å². The number of hydrogen-bond donors (Lipinski definition) is 2. The van der Waals surface area contributed by atoms with E-state index >= 15 is 0 Å². The molecule has 2 aromatic carbocycles. The SMILES string of the molecule is C=CCCC(=O)N[C@H](COC)[C@H](OC(=O)[C@@H]1[C@@H]2CC[C@]3(O2)[C@H](C(=O)N(CC=C)Cn2nnc4ccccc42)N(CCCO)C(=O)[C@@H]13)c1ccccc1. The van der Waals surface area contributed by atoms with Crippen molar-refractivity contribution in [1.82, 2.24) is 30.1 Å². The van der Waals surface area contributed by atoms with Gasteiger partial charge in [0.15, 0.2) is 0 Å². The number of hydrogen-bond acceptors (Lipinski definition) is 10. The van der Waals surface area contributed by atoms with E-state index < -0.39 is 53.6 Å². The second-order valence-corrected chi connectivity index (χ2v) is 13.5. The molecule has 14 heteroatoms. The third-order valence-corrected chi connectivity index (χ3v) is 10.3. The van der Waals surface area contributed by atoms with E-state index in [9.17, 15) is 24.3 Å². The maximum Gasteiger partial charge on any atom is 0.313 e. The minimum absolute atomic E-state index is 0.0394. The molecule has 1 spiro atoms. The number of fused-ring (bicyclic) bond motifs is 2. The van der Waals surface area contributed by atoms with Crippen molar-refractivity contribution in [3.8, 4) is 0 Å². The number of allylic oxidation sites excluding steroid dienone is 1. The van der Waals surface area contributed by atoms with Gasteiger partial charge in [-0.3, -0.25) is 19.2 Å². The van der Waals surface area contributed by atoms with Crippen LogP contribution in [0.5, 0.6) is 0 Å². The highest BCUT2D eigenvalue weighted by atomic mass is 16.6. The zero-order valence-electron chi connectivity index (χ0n) is 29.3. The lowest BCUT2D eigenvalue weighted by atomic mass is 9.70. The number of methoxy groups -OCH3 is 1. The third kappa shape index (κ3) is 6.97. The monoisotopic (exact) mass is 714 g/mol. The lowest BCUT2D eigenvalue weighted by Crippen LogP contribution is -2.56. The first-order chi connectivity index (χ1) is 25.3. The van der Waals surface area contributed by atoms with Gasteiger partial charge in [0, 0.05) is 33.2 Å². The van der Waals surface area contributed by atoms with Crippen molar-refractivity contribution < 1.29 is 38.5 Å². The summed E-state index contributed by atoms with van der Waals surface area (Å²) in [6, 6.07) is 14.6. The van der Waals surface area contributed by atoms with Gasteiger partial charge in [-0.05, 0) is 43.4 Å². The van der Waals surface area contributed by atoms with Crippen molar-refractivity contribution in [2.75, 3.05) is 33.4 Å². The lowest BCUT2D eigenvalue weighted by molar-refractivity contribution is -0.163. The molecule has 1 aromatic heterocycles. The lowest BCUT2D eigenvalue weighted by Gasteiger charge is -2.36. The summed E-state index contributed by atoms with van der Waals surface area (Å²) in [4.78, 5) is 59.5. The number of nitrogens with one attached hydrogen (secondary N) is 1. The summed E-state index contributed by atoms with van der Waals surface area (Å²) in [5, 5.41) is 21.2. The quantitative estimate of drug-likeness (QED) is 0.148. The number of para-hydroxylation sites is 1. The van der Waals surface area contributed by atoms with Crippen molar-refractivity contribution in [3.05, 3.63) is 85.5 Å². The highest BCUT2D eigenvalue weighted by molar-refractivity contribution is 5.98. The number of rotatable bonds is 18. The van der Waals surface area contributed by atoms with Crippen LogP contribution in [0.15, 0.2) is 79.9 Å². The standard InChI is InChI=1S/C38H46N6O8/c1-4-6-17-30(46)39-27(23-50-3)33(25-13-8-7-9-14-25)51-37(49)31-29-18-19-38(52-29)32(31)35(47)43(21-12-22-45)34(38)36(48)42(20-5-2)24-44-28-16-11-10-15-26(28)40-41-44/h4-5,7-11,13-16,27,29,31-34,45H,1-2,6,12,17-24H2,3H3,(H,39,46)/t27-,29+,31-,32-,33-,34+,38-/m1/s1. The summed E-state index contributed by atoms with van der Waals surface area (Å²) < 4.78 is 20.0. The molecule has 3 aliphatic rings. The number of aliphatic hydroxyl groups is 1. The van der Waals surface area contributed by atoms with Gasteiger partial charge in [0.2, 0.25) is 17.7 Å². The molecule has 4 heterocycles. The molecule has 6 rings (SSSR count). The van der Waals surface area contributed by atoms with Crippen LogP contribution in [0.3, 0.4) is 0 Å². The molecule has 3 amide bonds. The zero-order chi connectivity index (χ0) is 36.8. The first-order valence-corrected chi connectivity index (χ1v) is 17.7. The van der Waals surface area contributed by atoms with Gasteiger partial charge in [-0.15, -0.1) is 18.3 Å². The van der Waals surface area contributed by atoms with Crippen LogP contribution in [0, 0.1) is 11.8 Å². The van der Waals surface area contributed by atoms with Crippen molar-refractivity contribution in [2.24, 2.45) is 11.8 Å². The molecule has 2 N–H and O–H groups in total. The maximum atomic E-state index is 14.7. The Morgan fingerprint density at radius 3 is 2.65 bits per heavy atom. The van der Waals surface area contributed by atoms with Gasteiger partial charge in [-0.25, -0.2) is 4.68 Å². The van der Waals surface area contributed by atoms with Gasteiger partial charge in [-0.1, -0.05) is 59.8 Å². The van der Waals surface area contributed by atoms with E-state index in [0.29, 0.717) is 30.3 Å². The third-order valence-electron chi connectivity index (χ3n) is 10.3. The van der Waals surface area contributed by atoms with E-state index in [1.54, 1.807) is 33.9 Å². The fourth-order valence-corrected chi connectivity index (χ4v) is 8.04. The van der Waals surface area contributed by atoms with E-state index in [0.717, 1.165) is 5.52 Å². The van der Waals surface area contributed by atoms with Gasteiger partial charge in [-0.2, -0.15) is 0 Å². The van der Waals surface area contributed by atoms with Crippen molar-refractivity contribution in [3.63, 3.8) is 0 Å². The molecular weight excluding hydrogens is 668 g/mol. The van der Waals surface area contributed by atoms with Gasteiger partial charge in [0.05, 0.1) is 36.1 Å². The molecule has 3 fully saturated rings. The predicted octanol–water partition coefficient (Wildman–Crippen LogP) is 2.54. The van der Waals surface area contributed by atoms with Crippen LogP contribution < -0.4 is 5.32 Å². The van der Waals surface area contributed by atoms with Crippen LogP contribution >= 0.6 is 0 Å². The van der Waals surface area contributed by atoms with Crippen LogP contribution in [0.4, 0.5) is 0 Å². The number of amides is 3. The Balaban J connectivity index is 1.31. The smallest absolute Gasteiger partial charge is 0.313 e. The number of carbonyl (C=O) groups excluding carboxylic acids is 4. The minimum Gasteiger partial charge on any atom is -0.455 e. The highest BCUT2D eigenvalue weighted by Gasteiger charge is 2.75. The Kier molecular flexibility index (Phi) is 11.5. The van der Waals surface area contributed by atoms with Crippen LogP contribution in [-0.2, 0) is 40.1 Å². The Hall–Kier alpha value is -4.92. The van der Waals surface area contributed by atoms with E-state index in [2.05, 4.69) is 28.8 Å². The topological polar surface area (TPSA) is 165 Å². The number of likely N-dealkylation sites (tertiary alicyclic amines) is 1. The fraction of sp³-hybridized carbons (Fsp3) is 0.474. The van der Waals surface area contributed by atoms with Gasteiger partial charge in [0.25, 0.3) is 0 Å². The molecule has 0 aliphatic carbocycles. The van der Waals surface area contributed by atoms with E-state index in [4.69, 9.17) is 14.2 Å². The average molecular weight is 715 g/mol. The number of aliphatic hydroxyl groups excluding tert-OH is 1. The largest absolute Gasteiger partial charge is 0.455 e. The molecule has 3 aliphatic heterocycles. The number of esters is 1. The maximum absolute atomic E-state index is 14.7. The Labute approximate surface area is 302 Å². The van der Waals surface area contributed by atoms with Crippen molar-refractivity contribution in [1.29, 1.82) is 0 Å². The number of nitrogens with zero attached hydrogens (tertiary/aromatic N) is 5. The van der Waals surface area contributed by atoms with Gasteiger partial charge >= 0.3 is 5.97 Å². The number of ether oxygens (including phenoxy) is 3. The summed E-state index contributed by atoms with van der Waals surface area (Å²) in [6.07, 6.45) is 3.36. The summed E-state index contributed by atoms with van der Waals surface area (Å²) in [7, 11) is 1.50. The van der Waals surface area contributed by atoms with Crippen LogP contribution in [0.1, 0.15) is 43.8 Å². The van der Waals surface area contributed by atoms with E-state index in [1.807, 2.05) is 42.5 Å². The van der Waals surface area contributed by atoms with Crippen LogP contribution in [-0.4, -0.2) is 111 Å².